The van der Waals surface area contributed by atoms with E-state index in [2.05, 4.69) is 74.1 Å². The van der Waals surface area contributed by atoms with Crippen LogP contribution >= 0.6 is 0 Å². The zero-order valence-electron chi connectivity index (χ0n) is 15.7. The van der Waals surface area contributed by atoms with Gasteiger partial charge < -0.3 is 0 Å². The minimum absolute atomic E-state index is 0.104. The summed E-state index contributed by atoms with van der Waals surface area (Å²) in [5.41, 5.74) is 7.76. The van der Waals surface area contributed by atoms with E-state index in [0.29, 0.717) is 0 Å². The maximum Gasteiger partial charge on any atom is 0.152 e. The maximum absolute atomic E-state index is 2.56. The molecule has 2 unspecified atom stereocenters. The first-order valence-electron chi connectivity index (χ1n) is 9.84. The molecular weight excluding hydrogens is 302 g/mol. The summed E-state index contributed by atoms with van der Waals surface area (Å²) in [6.07, 6.45) is 9.23. The van der Waals surface area contributed by atoms with Crippen LogP contribution in [0.2, 0.25) is 0 Å². The van der Waals surface area contributed by atoms with Gasteiger partial charge in [0.05, 0.1) is 5.41 Å². The fraction of sp³-hybridized carbons (Fsp3) is 0.458. The highest BCUT2D eigenvalue weighted by atomic mass is 15.0. The van der Waals surface area contributed by atoms with Crippen LogP contribution in [-0.2, 0) is 10.8 Å². The van der Waals surface area contributed by atoms with Crippen molar-refractivity contribution in [3.05, 3.63) is 59.2 Å². The fourth-order valence-corrected chi connectivity index (χ4v) is 5.76. The number of rotatable bonds is 1. The minimum Gasteiger partial charge on any atom is -0.239 e. The Morgan fingerprint density at radius 2 is 1.72 bits per heavy atom. The monoisotopic (exact) mass is 330 g/mol. The average Bonchev–Trinajstić information content (AvgIpc) is 2.81. The maximum atomic E-state index is 2.56. The standard InChI is InChI=1S/C24H28N/c1-23(2)21-9-5-4-8-19(21)20-11-10-17(15-22(20)23)24-13-6-7-18(12-14-24)25(3)16-24/h4-5,8-11,15-16,18H,6-7,12-14H2,1-3H3/q+1. The van der Waals surface area contributed by atoms with E-state index in [9.17, 15) is 0 Å². The molecule has 1 saturated carbocycles. The Hall–Kier alpha value is -1.89. The third kappa shape index (κ3) is 2.05. The molecule has 6 rings (SSSR count). The van der Waals surface area contributed by atoms with E-state index in [-0.39, 0.29) is 10.8 Å². The Morgan fingerprint density at radius 1 is 0.920 bits per heavy atom. The predicted molar refractivity (Wildman–Crippen MR) is 105 cm³/mol. The van der Waals surface area contributed by atoms with Gasteiger partial charge in [-0.05, 0) is 47.1 Å². The van der Waals surface area contributed by atoms with E-state index in [1.165, 1.54) is 54.4 Å². The van der Waals surface area contributed by atoms with Gasteiger partial charge >= 0.3 is 0 Å². The van der Waals surface area contributed by atoms with E-state index in [0.717, 1.165) is 6.04 Å². The van der Waals surface area contributed by atoms with Crippen LogP contribution < -0.4 is 0 Å². The number of hydrogen-bond donors (Lipinski definition) is 0. The van der Waals surface area contributed by atoms with E-state index in [4.69, 9.17) is 0 Å². The third-order valence-corrected chi connectivity index (χ3v) is 7.27. The second kappa shape index (κ2) is 5.06. The smallest absolute Gasteiger partial charge is 0.152 e. The van der Waals surface area contributed by atoms with Crippen molar-refractivity contribution in [2.45, 2.75) is 62.8 Å². The quantitative estimate of drug-likeness (QED) is 0.625. The lowest BCUT2D eigenvalue weighted by Crippen LogP contribution is -2.38. The van der Waals surface area contributed by atoms with Crippen LogP contribution in [0.4, 0.5) is 0 Å². The fourth-order valence-electron chi connectivity index (χ4n) is 5.76. The summed E-state index contributed by atoms with van der Waals surface area (Å²) >= 11 is 0. The molecule has 0 spiro atoms. The molecule has 1 heteroatoms. The lowest BCUT2D eigenvalue weighted by molar-refractivity contribution is -0.541. The third-order valence-electron chi connectivity index (χ3n) is 7.27. The summed E-state index contributed by atoms with van der Waals surface area (Å²) in [6, 6.07) is 17.1. The van der Waals surface area contributed by atoms with Crippen LogP contribution in [0, 0.1) is 0 Å². The van der Waals surface area contributed by atoms with Gasteiger partial charge in [-0.25, -0.2) is 4.58 Å². The Balaban J connectivity index is 1.68. The molecule has 2 atom stereocenters. The highest BCUT2D eigenvalue weighted by molar-refractivity contribution is 5.82. The zero-order chi connectivity index (χ0) is 17.2. The molecule has 2 aromatic carbocycles. The van der Waals surface area contributed by atoms with Crippen LogP contribution in [0.1, 0.15) is 62.6 Å². The molecule has 128 valence electrons. The Kier molecular flexibility index (Phi) is 3.11. The molecule has 0 saturated heterocycles. The van der Waals surface area contributed by atoms with Gasteiger partial charge in [-0.1, -0.05) is 56.3 Å². The first-order valence-corrected chi connectivity index (χ1v) is 9.84. The lowest BCUT2D eigenvalue weighted by atomic mass is 9.72. The highest BCUT2D eigenvalue weighted by Gasteiger charge is 2.44. The number of hydrogen-bond acceptors (Lipinski definition) is 0. The number of benzene rings is 2. The van der Waals surface area contributed by atoms with Crippen molar-refractivity contribution in [2.24, 2.45) is 0 Å². The van der Waals surface area contributed by atoms with Crippen molar-refractivity contribution in [1.82, 2.24) is 0 Å². The molecule has 0 amide bonds. The van der Waals surface area contributed by atoms with Gasteiger partial charge in [0.15, 0.2) is 6.04 Å². The summed E-state index contributed by atoms with van der Waals surface area (Å²) in [5.74, 6) is 0. The van der Waals surface area contributed by atoms with Crippen molar-refractivity contribution >= 4 is 6.21 Å². The second-order valence-electron chi connectivity index (χ2n) is 8.97. The summed E-state index contributed by atoms with van der Waals surface area (Å²) < 4.78 is 2.52. The van der Waals surface area contributed by atoms with Gasteiger partial charge in [0, 0.05) is 18.3 Å². The van der Waals surface area contributed by atoms with Crippen molar-refractivity contribution in [3.8, 4) is 11.1 Å². The Morgan fingerprint density at radius 3 is 2.56 bits per heavy atom. The predicted octanol–water partition coefficient (Wildman–Crippen LogP) is 5.29. The topological polar surface area (TPSA) is 3.01 Å². The summed E-state index contributed by atoms with van der Waals surface area (Å²) in [6.45, 7) is 4.78. The van der Waals surface area contributed by atoms with Gasteiger partial charge in [0.1, 0.15) is 13.3 Å². The molecule has 0 aromatic heterocycles. The van der Waals surface area contributed by atoms with Crippen LogP contribution in [-0.4, -0.2) is 23.9 Å². The SMILES string of the molecule is C[N+]1=CC2(c3ccc4c(c3)C(C)(C)c3ccccc3-4)CCCC1CC2. The molecular formula is C24H28N+. The molecule has 1 nitrogen and oxygen atoms in total. The minimum atomic E-state index is 0.104. The highest BCUT2D eigenvalue weighted by Crippen LogP contribution is 2.50. The van der Waals surface area contributed by atoms with Gasteiger partial charge in [-0.3, -0.25) is 0 Å². The van der Waals surface area contributed by atoms with Crippen molar-refractivity contribution < 1.29 is 4.58 Å². The largest absolute Gasteiger partial charge is 0.239 e. The summed E-state index contributed by atoms with van der Waals surface area (Å²) in [7, 11) is 2.29. The van der Waals surface area contributed by atoms with Crippen molar-refractivity contribution in [1.29, 1.82) is 0 Å². The number of nitrogens with zero attached hydrogens (tertiary/aromatic N) is 1. The molecule has 0 N–H and O–H groups in total. The molecule has 2 aromatic rings. The lowest BCUT2D eigenvalue weighted by Gasteiger charge is -2.32. The van der Waals surface area contributed by atoms with E-state index < -0.39 is 0 Å². The molecule has 4 aliphatic rings. The van der Waals surface area contributed by atoms with Gasteiger partial charge in [0.25, 0.3) is 0 Å². The van der Waals surface area contributed by atoms with Crippen LogP contribution in [0.5, 0.6) is 0 Å². The molecule has 25 heavy (non-hydrogen) atoms. The normalized spacial score (nSPS) is 28.9. The Bertz CT molecular complexity index is 885. The summed E-state index contributed by atoms with van der Waals surface area (Å²) in [5, 5.41) is 0. The molecule has 1 fully saturated rings. The summed E-state index contributed by atoms with van der Waals surface area (Å²) in [4.78, 5) is 0. The Labute approximate surface area is 151 Å². The van der Waals surface area contributed by atoms with Crippen molar-refractivity contribution in [3.63, 3.8) is 0 Å². The van der Waals surface area contributed by atoms with E-state index in [1.807, 2.05) is 0 Å². The molecule has 0 radical (unpaired) electrons. The molecule has 2 bridgehead atoms. The molecule has 2 aliphatic carbocycles. The second-order valence-corrected chi connectivity index (χ2v) is 8.97. The first kappa shape index (κ1) is 15.4. The van der Waals surface area contributed by atoms with Crippen LogP contribution in [0.15, 0.2) is 42.5 Å². The van der Waals surface area contributed by atoms with E-state index in [1.54, 1.807) is 5.56 Å². The van der Waals surface area contributed by atoms with E-state index >= 15 is 0 Å². The van der Waals surface area contributed by atoms with Crippen LogP contribution in [0.3, 0.4) is 0 Å². The van der Waals surface area contributed by atoms with Gasteiger partial charge in [-0.15, -0.1) is 0 Å². The molecule has 2 aliphatic heterocycles. The average molecular weight is 330 g/mol. The zero-order valence-corrected chi connectivity index (χ0v) is 15.7. The first-order chi connectivity index (χ1) is 12.0. The van der Waals surface area contributed by atoms with Gasteiger partial charge in [0.2, 0.25) is 0 Å². The molecule has 2 heterocycles. The van der Waals surface area contributed by atoms with Crippen LogP contribution in [0.25, 0.3) is 11.1 Å². The van der Waals surface area contributed by atoms with Gasteiger partial charge in [-0.2, -0.15) is 0 Å². The van der Waals surface area contributed by atoms with Crippen molar-refractivity contribution in [2.75, 3.05) is 7.05 Å². The number of fused-ring (bicyclic) bond motifs is 6.